The van der Waals surface area contributed by atoms with Gasteiger partial charge in [0.2, 0.25) is 5.89 Å². The number of halogens is 2. The minimum absolute atomic E-state index is 0.253. The SMILES string of the molecule is CC(C)Cc1nc(CN(C)C(=O)NCc2ccc(Cl)cc2Cl)no1. The van der Waals surface area contributed by atoms with Crippen molar-refractivity contribution in [3.63, 3.8) is 0 Å². The molecule has 0 aliphatic heterocycles. The Balaban J connectivity index is 1.86. The van der Waals surface area contributed by atoms with E-state index < -0.39 is 0 Å². The third kappa shape index (κ3) is 5.39. The van der Waals surface area contributed by atoms with E-state index in [2.05, 4.69) is 29.3 Å². The molecule has 0 bridgehead atoms. The van der Waals surface area contributed by atoms with Crippen LogP contribution in [-0.2, 0) is 19.5 Å². The minimum atomic E-state index is -0.253. The van der Waals surface area contributed by atoms with Crippen LogP contribution in [0.25, 0.3) is 0 Å². The number of amides is 2. The average molecular weight is 371 g/mol. The maximum atomic E-state index is 12.1. The lowest BCUT2D eigenvalue weighted by Crippen LogP contribution is -2.36. The van der Waals surface area contributed by atoms with E-state index in [0.717, 1.165) is 12.0 Å². The molecule has 1 aromatic heterocycles. The zero-order valence-corrected chi connectivity index (χ0v) is 15.4. The molecule has 8 heteroatoms. The number of benzene rings is 1. The molecule has 0 unspecified atom stereocenters. The van der Waals surface area contributed by atoms with Gasteiger partial charge in [-0.25, -0.2) is 4.79 Å². The summed E-state index contributed by atoms with van der Waals surface area (Å²) in [6, 6.07) is 4.90. The molecule has 0 aliphatic rings. The van der Waals surface area contributed by atoms with Gasteiger partial charge >= 0.3 is 6.03 Å². The summed E-state index contributed by atoms with van der Waals surface area (Å²) >= 11 is 11.9. The maximum absolute atomic E-state index is 12.1. The number of hydrogen-bond donors (Lipinski definition) is 1. The summed E-state index contributed by atoms with van der Waals surface area (Å²) in [7, 11) is 1.66. The molecule has 2 rings (SSSR count). The van der Waals surface area contributed by atoms with Crippen molar-refractivity contribution in [1.29, 1.82) is 0 Å². The van der Waals surface area contributed by atoms with Gasteiger partial charge in [-0.2, -0.15) is 4.98 Å². The van der Waals surface area contributed by atoms with Crippen LogP contribution in [0.2, 0.25) is 10.0 Å². The second kappa shape index (κ2) is 8.35. The average Bonchev–Trinajstić information content (AvgIpc) is 2.92. The molecule has 2 amide bonds. The molecule has 24 heavy (non-hydrogen) atoms. The van der Waals surface area contributed by atoms with E-state index in [1.54, 1.807) is 25.2 Å². The molecule has 0 saturated carbocycles. The van der Waals surface area contributed by atoms with Crippen LogP contribution in [0.3, 0.4) is 0 Å². The number of urea groups is 1. The Bertz CT molecular complexity index is 703. The molecule has 6 nitrogen and oxygen atoms in total. The fourth-order valence-corrected chi connectivity index (χ4v) is 2.52. The Kier molecular flexibility index (Phi) is 6.45. The second-order valence-electron chi connectivity index (χ2n) is 5.95. The fraction of sp³-hybridized carbons (Fsp3) is 0.438. The van der Waals surface area contributed by atoms with Crippen molar-refractivity contribution in [3.05, 3.63) is 45.5 Å². The molecule has 0 saturated heterocycles. The van der Waals surface area contributed by atoms with Crippen LogP contribution in [0, 0.1) is 5.92 Å². The summed E-state index contributed by atoms with van der Waals surface area (Å²) in [6.07, 6.45) is 0.720. The molecule has 2 aromatic rings. The summed E-state index contributed by atoms with van der Waals surface area (Å²) in [4.78, 5) is 17.9. The van der Waals surface area contributed by atoms with E-state index in [-0.39, 0.29) is 12.6 Å². The number of nitrogens with zero attached hydrogens (tertiary/aromatic N) is 3. The molecule has 130 valence electrons. The smallest absolute Gasteiger partial charge is 0.317 e. The van der Waals surface area contributed by atoms with E-state index in [1.807, 2.05) is 0 Å². The van der Waals surface area contributed by atoms with Gasteiger partial charge in [-0.05, 0) is 23.6 Å². The van der Waals surface area contributed by atoms with Crippen molar-refractivity contribution in [3.8, 4) is 0 Å². The van der Waals surface area contributed by atoms with Crippen LogP contribution >= 0.6 is 23.2 Å². The highest BCUT2D eigenvalue weighted by molar-refractivity contribution is 6.35. The van der Waals surface area contributed by atoms with E-state index in [0.29, 0.717) is 34.2 Å². The Morgan fingerprint density at radius 1 is 1.38 bits per heavy atom. The molecule has 0 fully saturated rings. The van der Waals surface area contributed by atoms with Crippen molar-refractivity contribution < 1.29 is 9.32 Å². The van der Waals surface area contributed by atoms with Gasteiger partial charge in [0.25, 0.3) is 0 Å². The summed E-state index contributed by atoms with van der Waals surface area (Å²) in [5.41, 5.74) is 0.793. The number of aromatic nitrogens is 2. The largest absolute Gasteiger partial charge is 0.339 e. The van der Waals surface area contributed by atoms with Crippen LogP contribution in [0.5, 0.6) is 0 Å². The summed E-state index contributed by atoms with van der Waals surface area (Å²) in [6.45, 7) is 4.72. The molecule has 0 atom stereocenters. The molecular formula is C16H20Cl2N4O2. The normalized spacial score (nSPS) is 10.9. The van der Waals surface area contributed by atoms with Gasteiger partial charge in [-0.15, -0.1) is 0 Å². The molecule has 1 N–H and O–H groups in total. The highest BCUT2D eigenvalue weighted by Crippen LogP contribution is 2.20. The lowest BCUT2D eigenvalue weighted by molar-refractivity contribution is 0.204. The standard InChI is InChI=1S/C16H20Cl2N4O2/c1-10(2)6-15-20-14(21-24-15)9-22(3)16(23)19-8-11-4-5-12(17)7-13(11)18/h4-5,7,10H,6,8-9H2,1-3H3,(H,19,23). The van der Waals surface area contributed by atoms with Crippen molar-refractivity contribution in [2.45, 2.75) is 33.4 Å². The quantitative estimate of drug-likeness (QED) is 0.836. The first-order chi connectivity index (χ1) is 11.3. The van der Waals surface area contributed by atoms with Gasteiger partial charge < -0.3 is 14.7 Å². The van der Waals surface area contributed by atoms with Crippen LogP contribution in [-0.4, -0.2) is 28.1 Å². The monoisotopic (exact) mass is 370 g/mol. The summed E-state index contributed by atoms with van der Waals surface area (Å²) in [5.74, 6) is 1.50. The maximum Gasteiger partial charge on any atom is 0.317 e. The number of nitrogens with one attached hydrogen (secondary N) is 1. The molecule has 0 aliphatic carbocycles. The number of carbonyl (C=O) groups is 1. The molecule has 1 heterocycles. The third-order valence-electron chi connectivity index (χ3n) is 3.26. The second-order valence-corrected chi connectivity index (χ2v) is 6.80. The van der Waals surface area contributed by atoms with Crippen molar-refractivity contribution >= 4 is 29.2 Å². The number of hydrogen-bond acceptors (Lipinski definition) is 4. The van der Waals surface area contributed by atoms with Gasteiger partial charge in [-0.1, -0.05) is 48.3 Å². The fourth-order valence-electron chi connectivity index (χ4n) is 2.04. The zero-order chi connectivity index (χ0) is 17.7. The number of carbonyl (C=O) groups excluding carboxylic acids is 1. The van der Waals surface area contributed by atoms with E-state index in [1.165, 1.54) is 4.90 Å². The van der Waals surface area contributed by atoms with Gasteiger partial charge in [0, 0.05) is 30.1 Å². The first-order valence-corrected chi connectivity index (χ1v) is 8.35. The number of rotatable bonds is 6. The topological polar surface area (TPSA) is 71.3 Å². The Morgan fingerprint density at radius 3 is 2.79 bits per heavy atom. The Labute approximate surface area is 151 Å². The van der Waals surface area contributed by atoms with Gasteiger partial charge in [-0.3, -0.25) is 0 Å². The first-order valence-electron chi connectivity index (χ1n) is 7.59. The molecule has 0 radical (unpaired) electrons. The van der Waals surface area contributed by atoms with Crippen LogP contribution < -0.4 is 5.32 Å². The van der Waals surface area contributed by atoms with Crippen LogP contribution in [0.4, 0.5) is 4.79 Å². The summed E-state index contributed by atoms with van der Waals surface area (Å²) in [5, 5.41) is 7.75. The predicted molar refractivity (Wildman–Crippen MR) is 93.0 cm³/mol. The Hall–Kier alpha value is -1.79. The van der Waals surface area contributed by atoms with Gasteiger partial charge in [0.1, 0.15) is 0 Å². The molecule has 1 aromatic carbocycles. The highest BCUT2D eigenvalue weighted by Gasteiger charge is 2.14. The van der Waals surface area contributed by atoms with Crippen LogP contribution in [0.1, 0.15) is 31.1 Å². The van der Waals surface area contributed by atoms with Gasteiger partial charge in [0.15, 0.2) is 5.82 Å². The van der Waals surface area contributed by atoms with E-state index in [9.17, 15) is 4.79 Å². The Morgan fingerprint density at radius 2 is 2.12 bits per heavy atom. The minimum Gasteiger partial charge on any atom is -0.339 e. The van der Waals surface area contributed by atoms with E-state index >= 15 is 0 Å². The van der Waals surface area contributed by atoms with Crippen molar-refractivity contribution in [2.24, 2.45) is 5.92 Å². The van der Waals surface area contributed by atoms with Crippen LogP contribution in [0.15, 0.2) is 22.7 Å². The van der Waals surface area contributed by atoms with Gasteiger partial charge in [0.05, 0.1) is 6.54 Å². The summed E-state index contributed by atoms with van der Waals surface area (Å²) < 4.78 is 5.16. The first kappa shape index (κ1) is 18.5. The predicted octanol–water partition coefficient (Wildman–Crippen LogP) is 3.92. The van der Waals surface area contributed by atoms with Crippen molar-refractivity contribution in [2.75, 3.05) is 7.05 Å². The zero-order valence-electron chi connectivity index (χ0n) is 13.8. The molecular weight excluding hydrogens is 351 g/mol. The lowest BCUT2D eigenvalue weighted by Gasteiger charge is -2.16. The van der Waals surface area contributed by atoms with Crippen molar-refractivity contribution in [1.82, 2.24) is 20.4 Å². The van der Waals surface area contributed by atoms with E-state index in [4.69, 9.17) is 27.7 Å². The molecule has 0 spiro atoms. The third-order valence-corrected chi connectivity index (χ3v) is 3.85. The highest BCUT2D eigenvalue weighted by atomic mass is 35.5. The lowest BCUT2D eigenvalue weighted by atomic mass is 10.1.